The number of halogens is 1. The van der Waals surface area contributed by atoms with Crippen molar-refractivity contribution in [2.45, 2.75) is 6.92 Å². The number of anilines is 1. The molecule has 0 unspecified atom stereocenters. The SMILES string of the molecule is COc1ccccc1-n1nc(C(=O)Nc2ccc(Cl)cc2C)c(O)cc1=O. The van der Waals surface area contributed by atoms with Crippen LogP contribution in [0, 0.1) is 6.92 Å². The molecule has 1 heterocycles. The second kappa shape index (κ2) is 7.51. The average Bonchev–Trinajstić information content (AvgIpc) is 2.64. The van der Waals surface area contributed by atoms with Crippen molar-refractivity contribution >= 4 is 23.2 Å². The van der Waals surface area contributed by atoms with Gasteiger partial charge in [0.05, 0.1) is 7.11 Å². The Hall–Kier alpha value is -3.32. The Kier molecular flexibility index (Phi) is 5.14. The van der Waals surface area contributed by atoms with Crippen LogP contribution in [0.1, 0.15) is 16.1 Å². The quantitative estimate of drug-likeness (QED) is 0.719. The van der Waals surface area contributed by atoms with Crippen molar-refractivity contribution in [3.8, 4) is 17.2 Å². The van der Waals surface area contributed by atoms with E-state index in [-0.39, 0.29) is 5.69 Å². The lowest BCUT2D eigenvalue weighted by atomic mass is 10.2. The van der Waals surface area contributed by atoms with Gasteiger partial charge in [-0.1, -0.05) is 23.7 Å². The number of aromatic nitrogens is 2. The van der Waals surface area contributed by atoms with E-state index < -0.39 is 17.2 Å². The first-order valence-corrected chi connectivity index (χ1v) is 8.32. The van der Waals surface area contributed by atoms with E-state index in [1.807, 2.05) is 0 Å². The van der Waals surface area contributed by atoms with Crippen LogP contribution < -0.4 is 15.6 Å². The highest BCUT2D eigenvalue weighted by molar-refractivity contribution is 6.30. The van der Waals surface area contributed by atoms with Crippen LogP contribution in [0.2, 0.25) is 5.02 Å². The third kappa shape index (κ3) is 3.78. The molecule has 8 heteroatoms. The van der Waals surface area contributed by atoms with Gasteiger partial charge in [-0.3, -0.25) is 9.59 Å². The van der Waals surface area contributed by atoms with Gasteiger partial charge in [0, 0.05) is 16.8 Å². The molecule has 0 saturated carbocycles. The molecular formula is C19H16ClN3O4. The molecule has 2 N–H and O–H groups in total. The van der Waals surface area contributed by atoms with E-state index in [2.05, 4.69) is 10.4 Å². The first-order valence-electron chi connectivity index (χ1n) is 7.95. The van der Waals surface area contributed by atoms with Crippen molar-refractivity contribution < 1.29 is 14.6 Å². The first-order chi connectivity index (χ1) is 12.9. The maximum absolute atomic E-state index is 12.6. The van der Waals surface area contributed by atoms with Crippen LogP contribution in [0.15, 0.2) is 53.3 Å². The summed E-state index contributed by atoms with van der Waals surface area (Å²) >= 11 is 5.92. The predicted octanol–water partition coefficient (Wildman–Crippen LogP) is 3.16. The zero-order chi connectivity index (χ0) is 19.6. The van der Waals surface area contributed by atoms with Crippen molar-refractivity contribution in [3.63, 3.8) is 0 Å². The van der Waals surface area contributed by atoms with Gasteiger partial charge < -0.3 is 15.2 Å². The maximum Gasteiger partial charge on any atom is 0.279 e. The number of benzene rings is 2. The lowest BCUT2D eigenvalue weighted by Crippen LogP contribution is -2.25. The van der Waals surface area contributed by atoms with Crippen molar-refractivity contribution in [2.24, 2.45) is 0 Å². The number of methoxy groups -OCH3 is 1. The summed E-state index contributed by atoms with van der Waals surface area (Å²) in [4.78, 5) is 24.9. The van der Waals surface area contributed by atoms with E-state index in [9.17, 15) is 14.7 Å². The van der Waals surface area contributed by atoms with Crippen molar-refractivity contribution in [2.75, 3.05) is 12.4 Å². The number of para-hydroxylation sites is 2. The van der Waals surface area contributed by atoms with E-state index in [1.54, 1.807) is 49.4 Å². The van der Waals surface area contributed by atoms with Gasteiger partial charge in [0.25, 0.3) is 11.5 Å². The topological polar surface area (TPSA) is 93.5 Å². The molecule has 0 radical (unpaired) electrons. The monoisotopic (exact) mass is 385 g/mol. The number of rotatable bonds is 4. The van der Waals surface area contributed by atoms with Gasteiger partial charge in [0.1, 0.15) is 11.4 Å². The van der Waals surface area contributed by atoms with Crippen molar-refractivity contribution in [1.82, 2.24) is 9.78 Å². The highest BCUT2D eigenvalue weighted by Gasteiger charge is 2.19. The summed E-state index contributed by atoms with van der Waals surface area (Å²) in [7, 11) is 1.46. The van der Waals surface area contributed by atoms with E-state index in [4.69, 9.17) is 16.3 Å². The van der Waals surface area contributed by atoms with Crippen LogP contribution in [0.25, 0.3) is 5.69 Å². The summed E-state index contributed by atoms with van der Waals surface area (Å²) in [5.74, 6) is -0.783. The molecule has 0 atom stereocenters. The Morgan fingerprint density at radius 2 is 1.96 bits per heavy atom. The van der Waals surface area contributed by atoms with Crippen molar-refractivity contribution in [1.29, 1.82) is 0 Å². The Balaban J connectivity index is 2.03. The van der Waals surface area contributed by atoms with Gasteiger partial charge in [-0.2, -0.15) is 9.78 Å². The molecular weight excluding hydrogens is 370 g/mol. The third-order valence-corrected chi connectivity index (χ3v) is 4.11. The predicted molar refractivity (Wildman–Crippen MR) is 102 cm³/mol. The molecule has 0 spiro atoms. The Morgan fingerprint density at radius 3 is 2.67 bits per heavy atom. The van der Waals surface area contributed by atoms with Crippen LogP contribution in [-0.2, 0) is 0 Å². The van der Waals surface area contributed by atoms with E-state index in [0.717, 1.165) is 16.3 Å². The normalized spacial score (nSPS) is 10.5. The molecule has 0 aliphatic rings. The van der Waals surface area contributed by atoms with Gasteiger partial charge >= 0.3 is 0 Å². The summed E-state index contributed by atoms with van der Waals surface area (Å²) in [6.45, 7) is 1.78. The number of nitrogens with zero attached hydrogens (tertiary/aromatic N) is 2. The Labute approximate surface area is 159 Å². The second-order valence-corrected chi connectivity index (χ2v) is 6.15. The van der Waals surface area contributed by atoms with Gasteiger partial charge in [-0.15, -0.1) is 0 Å². The summed E-state index contributed by atoms with van der Waals surface area (Å²) in [5, 5.41) is 17.3. The third-order valence-electron chi connectivity index (χ3n) is 3.88. The molecule has 0 saturated heterocycles. The minimum absolute atomic E-state index is 0.296. The second-order valence-electron chi connectivity index (χ2n) is 5.71. The maximum atomic E-state index is 12.6. The molecule has 3 rings (SSSR count). The van der Waals surface area contributed by atoms with Crippen LogP contribution >= 0.6 is 11.6 Å². The van der Waals surface area contributed by atoms with Gasteiger partial charge in [-0.25, -0.2) is 0 Å². The fraction of sp³-hybridized carbons (Fsp3) is 0.105. The number of aromatic hydroxyl groups is 1. The van der Waals surface area contributed by atoms with Gasteiger partial charge in [-0.05, 0) is 42.8 Å². The number of carbonyl (C=O) groups excluding carboxylic acids is 1. The highest BCUT2D eigenvalue weighted by atomic mass is 35.5. The standard InChI is InChI=1S/C19H16ClN3O4/c1-11-9-12(20)7-8-13(11)21-19(26)18-15(24)10-17(25)23(22-18)14-5-3-4-6-16(14)27-2/h3-10,24H,1-2H3,(H,21,26). The van der Waals surface area contributed by atoms with E-state index >= 15 is 0 Å². The van der Waals surface area contributed by atoms with Crippen LogP contribution in [0.5, 0.6) is 11.5 Å². The summed E-state index contributed by atoms with van der Waals surface area (Å²) in [6, 6.07) is 12.6. The van der Waals surface area contributed by atoms with Gasteiger partial charge in [0.15, 0.2) is 11.4 Å². The molecule has 1 aromatic heterocycles. The van der Waals surface area contributed by atoms with Crippen LogP contribution in [-0.4, -0.2) is 27.9 Å². The van der Waals surface area contributed by atoms with Crippen molar-refractivity contribution in [3.05, 3.63) is 75.2 Å². The van der Waals surface area contributed by atoms with E-state index in [1.165, 1.54) is 7.11 Å². The number of ether oxygens (including phenoxy) is 1. The molecule has 3 aromatic rings. The van der Waals surface area contributed by atoms with Crippen LogP contribution in [0.3, 0.4) is 0 Å². The molecule has 1 amide bonds. The molecule has 0 fully saturated rings. The Morgan fingerprint density at radius 1 is 1.22 bits per heavy atom. The summed E-state index contributed by atoms with van der Waals surface area (Å²) in [5.41, 5.74) is 0.710. The molecule has 0 aliphatic carbocycles. The largest absolute Gasteiger partial charge is 0.505 e. The zero-order valence-electron chi connectivity index (χ0n) is 14.6. The minimum Gasteiger partial charge on any atom is -0.505 e. The molecule has 138 valence electrons. The first kappa shape index (κ1) is 18.5. The lowest BCUT2D eigenvalue weighted by Gasteiger charge is -2.12. The number of hydrogen-bond acceptors (Lipinski definition) is 5. The molecule has 0 bridgehead atoms. The molecule has 7 nitrogen and oxygen atoms in total. The van der Waals surface area contributed by atoms with Gasteiger partial charge in [0.2, 0.25) is 0 Å². The smallest absolute Gasteiger partial charge is 0.279 e. The fourth-order valence-electron chi connectivity index (χ4n) is 2.53. The Bertz CT molecular complexity index is 1080. The average molecular weight is 386 g/mol. The number of carbonyl (C=O) groups is 1. The zero-order valence-corrected chi connectivity index (χ0v) is 15.3. The summed E-state index contributed by atoms with van der Waals surface area (Å²) in [6.07, 6.45) is 0. The summed E-state index contributed by atoms with van der Waals surface area (Å²) < 4.78 is 6.23. The highest BCUT2D eigenvalue weighted by Crippen LogP contribution is 2.23. The molecule has 0 aliphatic heterocycles. The number of hydrogen-bond donors (Lipinski definition) is 2. The number of aryl methyl sites for hydroxylation is 1. The fourth-order valence-corrected chi connectivity index (χ4v) is 2.76. The molecule has 2 aromatic carbocycles. The molecule has 27 heavy (non-hydrogen) atoms. The number of amides is 1. The lowest BCUT2D eigenvalue weighted by molar-refractivity contribution is 0.101. The number of nitrogens with one attached hydrogen (secondary N) is 1. The van der Waals surface area contributed by atoms with Crippen LogP contribution in [0.4, 0.5) is 5.69 Å². The van der Waals surface area contributed by atoms with E-state index in [0.29, 0.717) is 22.1 Å². The minimum atomic E-state index is -0.665.